The molecule has 1 N–H and O–H groups in total. The van der Waals surface area contributed by atoms with Crippen molar-refractivity contribution in [2.75, 3.05) is 7.11 Å². The number of furan rings is 1. The summed E-state index contributed by atoms with van der Waals surface area (Å²) in [6.07, 6.45) is 3.70. The first-order chi connectivity index (χ1) is 14.6. The van der Waals surface area contributed by atoms with Gasteiger partial charge in [-0.2, -0.15) is 0 Å². The average molecular weight is 405 g/mol. The summed E-state index contributed by atoms with van der Waals surface area (Å²) >= 11 is 0. The first kappa shape index (κ1) is 19.9. The summed E-state index contributed by atoms with van der Waals surface area (Å²) in [7, 11) is 3.63. The van der Waals surface area contributed by atoms with Gasteiger partial charge in [0.05, 0.1) is 19.7 Å². The molecule has 1 atom stereocenters. The predicted molar refractivity (Wildman–Crippen MR) is 114 cm³/mol. The summed E-state index contributed by atoms with van der Waals surface area (Å²) in [5, 5.41) is 3.54. The van der Waals surface area contributed by atoms with E-state index in [2.05, 4.69) is 10.3 Å². The molecular weight excluding hydrogens is 381 g/mol. The topological polar surface area (TPSA) is 52.2 Å². The summed E-state index contributed by atoms with van der Waals surface area (Å²) in [5.74, 6) is 2.91. The number of aryl methyl sites for hydroxylation is 2. The van der Waals surface area contributed by atoms with Crippen molar-refractivity contribution in [3.8, 4) is 17.1 Å². The maximum Gasteiger partial charge on any atom is 0.134 e. The van der Waals surface area contributed by atoms with Gasteiger partial charge in [-0.25, -0.2) is 9.37 Å². The van der Waals surface area contributed by atoms with Crippen LogP contribution in [0.3, 0.4) is 0 Å². The van der Waals surface area contributed by atoms with E-state index in [1.807, 2.05) is 61.1 Å². The number of hydrogen-bond donors (Lipinski definition) is 1. The SMILES string of the molecule is COc1ccccc1C(NCc1ccc(-c2ccc(F)cc2C)o1)c1nccn1C. The first-order valence-electron chi connectivity index (χ1n) is 9.75. The van der Waals surface area contributed by atoms with Crippen LogP contribution in [-0.2, 0) is 13.6 Å². The highest BCUT2D eigenvalue weighted by Gasteiger charge is 2.22. The average Bonchev–Trinajstić information content (AvgIpc) is 3.38. The van der Waals surface area contributed by atoms with Gasteiger partial charge in [0.25, 0.3) is 0 Å². The zero-order valence-electron chi connectivity index (χ0n) is 17.2. The Hall–Kier alpha value is -3.38. The monoisotopic (exact) mass is 405 g/mol. The molecule has 0 amide bonds. The minimum Gasteiger partial charge on any atom is -0.496 e. The lowest BCUT2D eigenvalue weighted by molar-refractivity contribution is 0.398. The lowest BCUT2D eigenvalue weighted by Crippen LogP contribution is -2.25. The smallest absolute Gasteiger partial charge is 0.134 e. The number of halogens is 1. The number of rotatable bonds is 7. The van der Waals surface area contributed by atoms with E-state index >= 15 is 0 Å². The summed E-state index contributed by atoms with van der Waals surface area (Å²) in [5.41, 5.74) is 2.72. The van der Waals surface area contributed by atoms with Gasteiger partial charge in [-0.05, 0) is 48.9 Å². The molecule has 4 aromatic rings. The molecule has 0 bridgehead atoms. The lowest BCUT2D eigenvalue weighted by atomic mass is 10.0. The molecule has 2 heterocycles. The van der Waals surface area contributed by atoms with Crippen LogP contribution < -0.4 is 10.1 Å². The van der Waals surface area contributed by atoms with Crippen LogP contribution in [-0.4, -0.2) is 16.7 Å². The molecule has 0 spiro atoms. The van der Waals surface area contributed by atoms with Crippen molar-refractivity contribution in [2.24, 2.45) is 7.05 Å². The molecule has 1 unspecified atom stereocenters. The third-order valence-corrected chi connectivity index (χ3v) is 5.16. The second kappa shape index (κ2) is 8.55. The summed E-state index contributed by atoms with van der Waals surface area (Å²) in [4.78, 5) is 4.53. The van der Waals surface area contributed by atoms with Crippen LogP contribution in [0.2, 0.25) is 0 Å². The van der Waals surface area contributed by atoms with Crippen molar-refractivity contribution >= 4 is 0 Å². The van der Waals surface area contributed by atoms with Gasteiger partial charge in [0.2, 0.25) is 0 Å². The van der Waals surface area contributed by atoms with E-state index in [1.165, 1.54) is 12.1 Å². The zero-order chi connectivity index (χ0) is 21.1. The minimum atomic E-state index is -0.251. The van der Waals surface area contributed by atoms with E-state index in [-0.39, 0.29) is 11.9 Å². The summed E-state index contributed by atoms with van der Waals surface area (Å²) < 4.78 is 27.0. The van der Waals surface area contributed by atoms with Crippen molar-refractivity contribution in [3.05, 3.63) is 95.5 Å². The van der Waals surface area contributed by atoms with E-state index in [4.69, 9.17) is 9.15 Å². The number of methoxy groups -OCH3 is 1. The molecule has 0 aliphatic heterocycles. The Bertz CT molecular complexity index is 1150. The van der Waals surface area contributed by atoms with E-state index in [0.29, 0.717) is 6.54 Å². The minimum absolute atomic E-state index is 0.178. The molecule has 2 aromatic carbocycles. The Morgan fingerprint density at radius 3 is 2.73 bits per heavy atom. The standard InChI is InChI=1S/C24H24FN3O2/c1-16-14-17(25)8-10-19(16)22-11-9-18(30-22)15-27-23(24-26-12-13-28(24)2)20-6-4-5-7-21(20)29-3/h4-14,23,27H,15H2,1-3H3. The van der Waals surface area contributed by atoms with Crippen LogP contribution in [0.1, 0.15) is 28.8 Å². The fourth-order valence-corrected chi connectivity index (χ4v) is 3.62. The molecule has 5 nitrogen and oxygen atoms in total. The molecule has 0 aliphatic rings. The number of hydrogen-bond acceptors (Lipinski definition) is 4. The molecule has 4 rings (SSSR count). The highest BCUT2D eigenvalue weighted by molar-refractivity contribution is 5.62. The van der Waals surface area contributed by atoms with Gasteiger partial charge in [-0.3, -0.25) is 5.32 Å². The molecule has 30 heavy (non-hydrogen) atoms. The van der Waals surface area contributed by atoms with Gasteiger partial charge < -0.3 is 13.7 Å². The summed E-state index contributed by atoms with van der Waals surface area (Å²) in [6.45, 7) is 2.37. The molecule has 0 saturated carbocycles. The Kier molecular flexibility index (Phi) is 5.68. The van der Waals surface area contributed by atoms with Crippen molar-refractivity contribution in [1.82, 2.24) is 14.9 Å². The maximum absolute atomic E-state index is 13.4. The van der Waals surface area contributed by atoms with Gasteiger partial charge in [-0.15, -0.1) is 0 Å². The van der Waals surface area contributed by atoms with Gasteiger partial charge >= 0.3 is 0 Å². The second-order valence-electron chi connectivity index (χ2n) is 7.18. The van der Waals surface area contributed by atoms with Crippen molar-refractivity contribution in [3.63, 3.8) is 0 Å². The van der Waals surface area contributed by atoms with E-state index in [9.17, 15) is 4.39 Å². The predicted octanol–water partition coefficient (Wildman–Crippen LogP) is 5.02. The number of nitrogens with zero attached hydrogens (tertiary/aromatic N) is 2. The molecule has 0 saturated heterocycles. The molecule has 0 aliphatic carbocycles. The van der Waals surface area contributed by atoms with Crippen LogP contribution in [0.15, 0.2) is 71.4 Å². The summed E-state index contributed by atoms with van der Waals surface area (Å²) in [6, 6.07) is 16.3. The van der Waals surface area contributed by atoms with Gasteiger partial charge in [0, 0.05) is 30.6 Å². The molecule has 2 aromatic heterocycles. The third kappa shape index (κ3) is 4.00. The highest BCUT2D eigenvalue weighted by Crippen LogP contribution is 2.30. The Morgan fingerprint density at radius 1 is 1.17 bits per heavy atom. The van der Waals surface area contributed by atoms with Crippen LogP contribution in [0.25, 0.3) is 11.3 Å². The Morgan fingerprint density at radius 2 is 2.00 bits per heavy atom. The van der Waals surface area contributed by atoms with Crippen LogP contribution in [0.5, 0.6) is 5.75 Å². The van der Waals surface area contributed by atoms with E-state index in [0.717, 1.165) is 39.8 Å². The Balaban J connectivity index is 1.59. The molecule has 6 heteroatoms. The fourth-order valence-electron chi connectivity index (χ4n) is 3.62. The Labute approximate surface area is 175 Å². The van der Waals surface area contributed by atoms with Crippen LogP contribution in [0, 0.1) is 12.7 Å². The third-order valence-electron chi connectivity index (χ3n) is 5.16. The molecule has 154 valence electrons. The highest BCUT2D eigenvalue weighted by atomic mass is 19.1. The van der Waals surface area contributed by atoms with Gasteiger partial charge in [0.1, 0.15) is 28.9 Å². The lowest BCUT2D eigenvalue weighted by Gasteiger charge is -2.20. The number of benzene rings is 2. The number of ether oxygens (including phenoxy) is 1. The van der Waals surface area contributed by atoms with Crippen molar-refractivity contribution < 1.29 is 13.5 Å². The number of imidazole rings is 1. The quantitative estimate of drug-likeness (QED) is 0.469. The van der Waals surface area contributed by atoms with Gasteiger partial charge in [-0.1, -0.05) is 18.2 Å². The van der Waals surface area contributed by atoms with Crippen LogP contribution >= 0.6 is 0 Å². The van der Waals surface area contributed by atoms with Crippen LogP contribution in [0.4, 0.5) is 4.39 Å². The number of aromatic nitrogens is 2. The van der Waals surface area contributed by atoms with Crippen molar-refractivity contribution in [1.29, 1.82) is 0 Å². The molecule has 0 fully saturated rings. The largest absolute Gasteiger partial charge is 0.496 e. The molecular formula is C24H24FN3O2. The first-order valence-corrected chi connectivity index (χ1v) is 9.75. The molecule has 0 radical (unpaired) electrons. The van der Waals surface area contributed by atoms with Crippen molar-refractivity contribution in [2.45, 2.75) is 19.5 Å². The number of para-hydroxylation sites is 1. The number of nitrogens with one attached hydrogen (secondary N) is 1. The maximum atomic E-state index is 13.4. The van der Waals surface area contributed by atoms with E-state index in [1.54, 1.807) is 19.4 Å². The second-order valence-corrected chi connectivity index (χ2v) is 7.18. The zero-order valence-corrected chi connectivity index (χ0v) is 17.2. The van der Waals surface area contributed by atoms with E-state index < -0.39 is 0 Å². The van der Waals surface area contributed by atoms with Gasteiger partial charge in [0.15, 0.2) is 0 Å². The fraction of sp³-hybridized carbons (Fsp3) is 0.208. The normalized spacial score (nSPS) is 12.1.